The molecular weight excluding hydrogens is 444 g/mol. The number of benzene rings is 1. The van der Waals surface area contributed by atoms with Crippen molar-refractivity contribution in [2.45, 2.75) is 38.2 Å². The van der Waals surface area contributed by atoms with Crippen LogP contribution in [-0.2, 0) is 20.2 Å². The molecule has 3 aromatic rings. The van der Waals surface area contributed by atoms with Crippen LogP contribution in [0.1, 0.15) is 27.7 Å². The molecule has 2 aromatic heterocycles. The van der Waals surface area contributed by atoms with E-state index in [9.17, 15) is 36.0 Å². The van der Waals surface area contributed by atoms with Gasteiger partial charge < -0.3 is 0 Å². The van der Waals surface area contributed by atoms with E-state index in [4.69, 9.17) is 0 Å². The first-order chi connectivity index (χ1) is 13.7. The van der Waals surface area contributed by atoms with E-state index >= 15 is 0 Å². The number of rotatable bonds is 6. The Bertz CT molecular complexity index is 1400. The monoisotopic (exact) mass is 460 g/mol. The highest BCUT2D eigenvalue weighted by Crippen LogP contribution is 2.14. The maximum absolute atomic E-state index is 12.5. The van der Waals surface area contributed by atoms with Gasteiger partial charge in [-0.05, 0) is 39.8 Å². The highest BCUT2D eigenvalue weighted by atomic mass is 32.2. The molecule has 0 aliphatic rings. The Morgan fingerprint density at radius 3 is 1.03 bits per heavy atom. The fourth-order valence-electron chi connectivity index (χ4n) is 2.44. The van der Waals surface area contributed by atoms with E-state index in [0.717, 1.165) is 12.1 Å². The molecule has 0 fully saturated rings. The molecule has 12 nitrogen and oxygen atoms in total. The fraction of sp³-hybridized carbons (Fsp3) is 0.375. The Kier molecular flexibility index (Phi) is 4.90. The summed E-state index contributed by atoms with van der Waals surface area (Å²) in [7, 11) is -8.56. The zero-order valence-corrected chi connectivity index (χ0v) is 17.7. The lowest BCUT2D eigenvalue weighted by Gasteiger charge is -2.07. The first-order valence-corrected chi connectivity index (χ1v) is 11.5. The maximum atomic E-state index is 12.5. The normalized spacial score (nSPS) is 13.0. The molecule has 14 heteroatoms. The lowest BCUT2D eigenvalue weighted by Crippen LogP contribution is -2.38. The third-order valence-corrected chi connectivity index (χ3v) is 7.35. The molecule has 0 saturated carbocycles. The Balaban J connectivity index is 2.30. The molecule has 0 bridgehead atoms. The largest absolute Gasteiger partial charge is 0.329 e. The van der Waals surface area contributed by atoms with E-state index in [2.05, 4.69) is 8.57 Å². The minimum atomic E-state index is -4.28. The topological polar surface area (TPSA) is 165 Å². The third kappa shape index (κ3) is 3.21. The number of hydrogen-bond donors (Lipinski definition) is 0. The van der Waals surface area contributed by atoms with Crippen LogP contribution >= 0.6 is 0 Å². The summed E-state index contributed by atoms with van der Waals surface area (Å²) < 4.78 is 56.9. The summed E-state index contributed by atoms with van der Waals surface area (Å²) in [5.41, 5.74) is -4.62. The van der Waals surface area contributed by atoms with E-state index in [-0.39, 0.29) is 31.0 Å². The smallest absolute Gasteiger partial charge is 0.280 e. The summed E-state index contributed by atoms with van der Waals surface area (Å²) in [6, 6.07) is 1.78. The van der Waals surface area contributed by atoms with Crippen molar-refractivity contribution in [2.75, 3.05) is 0 Å². The second-order valence-electron chi connectivity index (χ2n) is 6.98. The number of aromatic nitrogens is 2. The summed E-state index contributed by atoms with van der Waals surface area (Å²) in [5, 5.41) is -3.63. The molecule has 0 atom stereocenters. The highest BCUT2D eigenvalue weighted by molar-refractivity contribution is 7.87. The first kappa shape index (κ1) is 21.7. The Morgan fingerprint density at radius 2 is 0.833 bits per heavy atom. The van der Waals surface area contributed by atoms with Crippen molar-refractivity contribution in [3.05, 3.63) is 53.5 Å². The van der Waals surface area contributed by atoms with Crippen LogP contribution in [0.4, 0.5) is 0 Å². The Labute approximate surface area is 168 Å². The molecule has 0 saturated heterocycles. The quantitative estimate of drug-likeness (QED) is 0.412. The minimum Gasteiger partial charge on any atom is -0.280 e. The van der Waals surface area contributed by atoms with Crippen LogP contribution in [0.15, 0.2) is 31.3 Å². The number of nitrogens with zero attached hydrogens (tertiary/aromatic N) is 2. The average molecular weight is 460 g/mol. The molecule has 0 spiro atoms. The van der Waals surface area contributed by atoms with Crippen molar-refractivity contribution < 1.29 is 25.4 Å². The van der Waals surface area contributed by atoms with Gasteiger partial charge in [-0.15, -0.1) is 0 Å². The number of hydrogen-bond acceptors (Lipinski definition) is 10. The van der Waals surface area contributed by atoms with Crippen molar-refractivity contribution in [1.29, 1.82) is 0 Å². The average Bonchev–Trinajstić information content (AvgIpc) is 3.00. The molecule has 0 unspecified atom stereocenters. The molecule has 3 rings (SSSR count). The number of fused-ring (bicyclic) bond motifs is 2. The Hall–Kier alpha value is -3.00. The zero-order chi connectivity index (χ0) is 22.8. The molecule has 0 N–H and O–H groups in total. The van der Waals surface area contributed by atoms with Gasteiger partial charge in [0.2, 0.25) is 0 Å². The summed E-state index contributed by atoms with van der Waals surface area (Å²) in [5.74, 6) is 0. The van der Waals surface area contributed by atoms with E-state index in [1.54, 1.807) is 0 Å². The van der Waals surface area contributed by atoms with Crippen molar-refractivity contribution in [3.8, 4) is 0 Å². The van der Waals surface area contributed by atoms with Gasteiger partial charge in [0.1, 0.15) is 0 Å². The predicted octanol–water partition coefficient (Wildman–Crippen LogP) is -1.75. The van der Waals surface area contributed by atoms with Crippen LogP contribution in [0.3, 0.4) is 0 Å². The van der Waals surface area contributed by atoms with E-state index < -0.39 is 53.0 Å². The molecule has 1 aromatic carbocycles. The van der Waals surface area contributed by atoms with E-state index in [1.165, 1.54) is 27.7 Å². The Morgan fingerprint density at radius 1 is 0.600 bits per heavy atom. The van der Waals surface area contributed by atoms with Gasteiger partial charge in [-0.2, -0.15) is 16.8 Å². The van der Waals surface area contributed by atoms with Gasteiger partial charge in [0.25, 0.3) is 22.2 Å². The molecule has 0 radical (unpaired) electrons. The van der Waals surface area contributed by atoms with Crippen LogP contribution in [-0.4, -0.2) is 36.8 Å². The van der Waals surface area contributed by atoms with Crippen molar-refractivity contribution >= 4 is 41.8 Å². The van der Waals surface area contributed by atoms with Crippen molar-refractivity contribution in [3.63, 3.8) is 0 Å². The predicted molar refractivity (Wildman–Crippen MR) is 106 cm³/mol. The van der Waals surface area contributed by atoms with Crippen LogP contribution in [0.5, 0.6) is 0 Å². The molecule has 0 aliphatic heterocycles. The summed E-state index contributed by atoms with van der Waals surface area (Å²) in [6.45, 7) is 5.11. The van der Waals surface area contributed by atoms with Gasteiger partial charge in [0, 0.05) is 0 Å². The lowest BCUT2D eigenvalue weighted by molar-refractivity contribution is 0.260. The second kappa shape index (κ2) is 6.77. The minimum absolute atomic E-state index is 0.0294. The van der Waals surface area contributed by atoms with Gasteiger partial charge in [0.05, 0.1) is 32.0 Å². The van der Waals surface area contributed by atoms with Gasteiger partial charge in [-0.25, -0.2) is 0 Å². The van der Waals surface area contributed by atoms with Crippen LogP contribution in [0.2, 0.25) is 0 Å². The zero-order valence-electron chi connectivity index (χ0n) is 16.1. The lowest BCUT2D eigenvalue weighted by atomic mass is 10.1. The van der Waals surface area contributed by atoms with Gasteiger partial charge in [-0.1, -0.05) is 9.46 Å². The van der Waals surface area contributed by atoms with E-state index in [0.29, 0.717) is 0 Å². The van der Waals surface area contributed by atoms with E-state index in [1.807, 2.05) is 0 Å². The molecule has 0 amide bonds. The standard InChI is InChI=1S/C16H16N2O10S2/c1-7(2)29(23,24)27-17-13(19)9-5-11-12(6-10(9)14(17)20)16(22)18(15(11)21)28-30(25,26)8(3)4/h5-8H,1-4H3. The van der Waals surface area contributed by atoms with Gasteiger partial charge >= 0.3 is 20.2 Å². The fourth-order valence-corrected chi connectivity index (χ4v) is 3.48. The molecular formula is C16H16N2O10S2. The van der Waals surface area contributed by atoms with Crippen molar-refractivity contribution in [2.24, 2.45) is 0 Å². The first-order valence-electron chi connectivity index (χ1n) is 8.51. The van der Waals surface area contributed by atoms with Gasteiger partial charge in [-0.3, -0.25) is 27.7 Å². The molecule has 30 heavy (non-hydrogen) atoms. The SMILES string of the molecule is CC(C)S(=O)(=O)On1c(=O)c2cc3c(=O)n(OS(=O)(=O)C(C)C)c(=O)c3cc2c1=O. The van der Waals surface area contributed by atoms with Crippen LogP contribution < -0.4 is 30.8 Å². The summed E-state index contributed by atoms with van der Waals surface area (Å²) >= 11 is 0. The molecule has 0 aliphatic carbocycles. The summed E-state index contributed by atoms with van der Waals surface area (Å²) in [4.78, 5) is 49.9. The van der Waals surface area contributed by atoms with Crippen LogP contribution in [0, 0.1) is 0 Å². The summed E-state index contributed by atoms with van der Waals surface area (Å²) in [6.07, 6.45) is 0. The van der Waals surface area contributed by atoms with Crippen LogP contribution in [0.25, 0.3) is 21.5 Å². The third-order valence-electron chi connectivity index (χ3n) is 4.33. The molecule has 2 heterocycles. The highest BCUT2D eigenvalue weighted by Gasteiger charge is 2.27. The van der Waals surface area contributed by atoms with Crippen molar-refractivity contribution in [1.82, 2.24) is 9.46 Å². The molecule has 162 valence electrons. The van der Waals surface area contributed by atoms with Gasteiger partial charge in [0.15, 0.2) is 0 Å². The second-order valence-corrected chi connectivity index (χ2v) is 11.1. The maximum Gasteiger partial charge on any atom is 0.329 e.